The van der Waals surface area contributed by atoms with Crippen LogP contribution in [0.3, 0.4) is 0 Å². The van der Waals surface area contributed by atoms with Crippen molar-refractivity contribution in [3.63, 3.8) is 0 Å². The van der Waals surface area contributed by atoms with Crippen LogP contribution >= 0.6 is 0 Å². The SMILES string of the molecule is CCCNC1COCC1c1nc2nc(OCC)ccc2[nH]1. The smallest absolute Gasteiger partial charge is 0.215 e. The average molecular weight is 290 g/mol. The molecule has 0 saturated carbocycles. The van der Waals surface area contributed by atoms with Gasteiger partial charge in [0.05, 0.1) is 31.3 Å². The van der Waals surface area contributed by atoms with Gasteiger partial charge < -0.3 is 19.8 Å². The van der Waals surface area contributed by atoms with E-state index in [-0.39, 0.29) is 5.92 Å². The van der Waals surface area contributed by atoms with Gasteiger partial charge in [-0.1, -0.05) is 6.92 Å². The number of pyridine rings is 1. The number of nitrogens with one attached hydrogen (secondary N) is 2. The number of fused-ring (bicyclic) bond motifs is 1. The normalized spacial score (nSPS) is 22.0. The van der Waals surface area contributed by atoms with Crippen LogP contribution in [-0.4, -0.2) is 47.4 Å². The monoisotopic (exact) mass is 290 g/mol. The molecule has 2 aromatic rings. The summed E-state index contributed by atoms with van der Waals surface area (Å²) in [7, 11) is 0. The number of aromatic amines is 1. The Labute approximate surface area is 124 Å². The number of hydrogen-bond acceptors (Lipinski definition) is 5. The third kappa shape index (κ3) is 3.01. The molecule has 0 radical (unpaired) electrons. The van der Waals surface area contributed by atoms with Gasteiger partial charge in [0.15, 0.2) is 5.65 Å². The molecule has 1 fully saturated rings. The molecule has 0 bridgehead atoms. The third-order valence-corrected chi connectivity index (χ3v) is 3.72. The first-order valence-electron chi connectivity index (χ1n) is 7.62. The Morgan fingerprint density at radius 3 is 3.05 bits per heavy atom. The van der Waals surface area contributed by atoms with Gasteiger partial charge in [-0.2, -0.15) is 4.98 Å². The minimum absolute atomic E-state index is 0.251. The highest BCUT2D eigenvalue weighted by molar-refractivity contribution is 5.71. The van der Waals surface area contributed by atoms with E-state index in [1.165, 1.54) is 0 Å². The predicted molar refractivity (Wildman–Crippen MR) is 80.7 cm³/mol. The minimum Gasteiger partial charge on any atom is -0.478 e. The molecule has 0 aromatic carbocycles. The van der Waals surface area contributed by atoms with Crippen molar-refractivity contribution in [2.75, 3.05) is 26.4 Å². The van der Waals surface area contributed by atoms with Crippen LogP contribution in [0.1, 0.15) is 32.0 Å². The molecular weight excluding hydrogens is 268 g/mol. The molecule has 114 valence electrons. The molecule has 6 nitrogen and oxygen atoms in total. The fourth-order valence-electron chi connectivity index (χ4n) is 2.65. The maximum Gasteiger partial charge on any atom is 0.215 e. The lowest BCUT2D eigenvalue weighted by molar-refractivity contribution is 0.187. The Balaban J connectivity index is 1.82. The number of ether oxygens (including phenoxy) is 2. The summed E-state index contributed by atoms with van der Waals surface area (Å²) in [6.45, 7) is 7.14. The van der Waals surface area contributed by atoms with Crippen molar-refractivity contribution in [1.29, 1.82) is 0 Å². The summed E-state index contributed by atoms with van der Waals surface area (Å²) in [4.78, 5) is 12.4. The number of rotatable bonds is 6. The molecule has 21 heavy (non-hydrogen) atoms. The van der Waals surface area contributed by atoms with Crippen LogP contribution in [0.4, 0.5) is 0 Å². The number of imidazole rings is 1. The molecule has 3 heterocycles. The van der Waals surface area contributed by atoms with Gasteiger partial charge in [0.25, 0.3) is 0 Å². The van der Waals surface area contributed by atoms with Gasteiger partial charge in [-0.3, -0.25) is 0 Å². The highest BCUT2D eigenvalue weighted by atomic mass is 16.5. The van der Waals surface area contributed by atoms with Gasteiger partial charge >= 0.3 is 0 Å². The molecule has 3 rings (SSSR count). The standard InChI is InChI=1S/C15H22N4O2/c1-3-7-16-12-9-20-8-10(12)14-17-11-5-6-13(21-4-2)18-15(11)19-14/h5-6,10,12,16H,3-4,7-9H2,1-2H3,(H,17,18,19). The predicted octanol–water partition coefficient (Wildman–Crippen LogP) is 1.84. The molecule has 2 atom stereocenters. The first-order valence-corrected chi connectivity index (χ1v) is 7.62. The first-order chi connectivity index (χ1) is 10.3. The summed E-state index contributed by atoms with van der Waals surface area (Å²) in [6, 6.07) is 4.15. The Morgan fingerprint density at radius 2 is 2.24 bits per heavy atom. The van der Waals surface area contributed by atoms with Crippen molar-refractivity contribution in [2.45, 2.75) is 32.2 Å². The van der Waals surface area contributed by atoms with E-state index in [1.54, 1.807) is 0 Å². The van der Waals surface area contributed by atoms with Crippen LogP contribution in [-0.2, 0) is 4.74 Å². The number of H-pyrrole nitrogens is 1. The zero-order valence-electron chi connectivity index (χ0n) is 12.6. The van der Waals surface area contributed by atoms with E-state index >= 15 is 0 Å². The van der Waals surface area contributed by atoms with Crippen LogP contribution < -0.4 is 10.1 Å². The van der Waals surface area contributed by atoms with E-state index in [0.717, 1.165) is 30.9 Å². The first kappa shape index (κ1) is 14.3. The van der Waals surface area contributed by atoms with Gasteiger partial charge in [-0.25, -0.2) is 4.98 Å². The molecule has 1 aliphatic rings. The second-order valence-corrected chi connectivity index (χ2v) is 5.28. The Hall–Kier alpha value is -1.66. The minimum atomic E-state index is 0.251. The van der Waals surface area contributed by atoms with E-state index < -0.39 is 0 Å². The van der Waals surface area contributed by atoms with Crippen LogP contribution in [0.15, 0.2) is 12.1 Å². The lowest BCUT2D eigenvalue weighted by atomic mass is 10.0. The van der Waals surface area contributed by atoms with E-state index in [4.69, 9.17) is 9.47 Å². The molecule has 1 aliphatic heterocycles. The number of aromatic nitrogens is 3. The summed E-state index contributed by atoms with van der Waals surface area (Å²) in [5, 5.41) is 3.53. The Bertz CT molecular complexity index is 598. The Kier molecular flexibility index (Phi) is 4.36. The van der Waals surface area contributed by atoms with Crippen molar-refractivity contribution in [3.05, 3.63) is 18.0 Å². The van der Waals surface area contributed by atoms with Gasteiger partial charge in [-0.05, 0) is 26.0 Å². The largest absolute Gasteiger partial charge is 0.478 e. The Morgan fingerprint density at radius 1 is 1.33 bits per heavy atom. The fourth-order valence-corrected chi connectivity index (χ4v) is 2.65. The van der Waals surface area contributed by atoms with Gasteiger partial charge in [0.1, 0.15) is 5.82 Å². The van der Waals surface area contributed by atoms with Gasteiger partial charge in [-0.15, -0.1) is 0 Å². The van der Waals surface area contributed by atoms with Crippen molar-refractivity contribution in [1.82, 2.24) is 20.3 Å². The summed E-state index contributed by atoms with van der Waals surface area (Å²) in [5.41, 5.74) is 1.65. The highest BCUT2D eigenvalue weighted by Gasteiger charge is 2.31. The molecule has 2 aromatic heterocycles. The van der Waals surface area contributed by atoms with Crippen molar-refractivity contribution in [2.24, 2.45) is 0 Å². The van der Waals surface area contributed by atoms with Gasteiger partial charge in [0, 0.05) is 12.1 Å². The number of hydrogen-bond donors (Lipinski definition) is 2. The van der Waals surface area contributed by atoms with Crippen LogP contribution in [0.2, 0.25) is 0 Å². The molecule has 2 N–H and O–H groups in total. The highest BCUT2D eigenvalue weighted by Crippen LogP contribution is 2.26. The average Bonchev–Trinajstić information content (AvgIpc) is 3.10. The molecule has 0 aliphatic carbocycles. The van der Waals surface area contributed by atoms with E-state index in [1.807, 2.05) is 19.1 Å². The van der Waals surface area contributed by atoms with Crippen molar-refractivity contribution in [3.8, 4) is 5.88 Å². The van der Waals surface area contributed by atoms with E-state index in [0.29, 0.717) is 30.8 Å². The molecule has 6 heteroatoms. The van der Waals surface area contributed by atoms with Crippen LogP contribution in [0.25, 0.3) is 11.2 Å². The van der Waals surface area contributed by atoms with Crippen molar-refractivity contribution >= 4 is 11.2 Å². The third-order valence-electron chi connectivity index (χ3n) is 3.72. The van der Waals surface area contributed by atoms with Crippen molar-refractivity contribution < 1.29 is 9.47 Å². The topological polar surface area (TPSA) is 72.1 Å². The van der Waals surface area contributed by atoms with Gasteiger partial charge in [0.2, 0.25) is 5.88 Å². The van der Waals surface area contributed by atoms with Crippen LogP contribution in [0, 0.1) is 0 Å². The van der Waals surface area contributed by atoms with Crippen LogP contribution in [0.5, 0.6) is 5.88 Å². The molecular formula is C15H22N4O2. The second kappa shape index (κ2) is 6.41. The lowest BCUT2D eigenvalue weighted by Gasteiger charge is -2.16. The van der Waals surface area contributed by atoms with E-state index in [2.05, 4.69) is 27.2 Å². The second-order valence-electron chi connectivity index (χ2n) is 5.28. The zero-order valence-corrected chi connectivity index (χ0v) is 12.6. The van der Waals surface area contributed by atoms with E-state index in [9.17, 15) is 0 Å². The summed E-state index contributed by atoms with van der Waals surface area (Å²) in [5.74, 6) is 1.81. The quantitative estimate of drug-likeness (QED) is 0.849. The maximum absolute atomic E-state index is 5.61. The molecule has 1 saturated heterocycles. The maximum atomic E-state index is 5.61. The fraction of sp³-hybridized carbons (Fsp3) is 0.600. The molecule has 0 spiro atoms. The number of nitrogens with zero attached hydrogens (tertiary/aromatic N) is 2. The zero-order chi connectivity index (χ0) is 14.7. The molecule has 2 unspecified atom stereocenters. The summed E-state index contributed by atoms with van der Waals surface area (Å²) >= 11 is 0. The summed E-state index contributed by atoms with van der Waals surface area (Å²) < 4.78 is 11.0. The summed E-state index contributed by atoms with van der Waals surface area (Å²) in [6.07, 6.45) is 1.11. The lowest BCUT2D eigenvalue weighted by Crippen LogP contribution is -2.35. The molecule has 0 amide bonds.